The summed E-state index contributed by atoms with van der Waals surface area (Å²) >= 11 is 0. The van der Waals surface area contributed by atoms with E-state index in [1.807, 2.05) is 0 Å². The van der Waals surface area contributed by atoms with Crippen LogP contribution < -0.4 is 5.32 Å². The molecule has 0 amide bonds. The van der Waals surface area contributed by atoms with E-state index in [1.54, 1.807) is 6.07 Å². The van der Waals surface area contributed by atoms with Crippen LogP contribution in [0.1, 0.15) is 39.2 Å². The number of carbonyl (C=O) groups is 1. The summed E-state index contributed by atoms with van der Waals surface area (Å²) in [6.45, 7) is 6.26. The van der Waals surface area contributed by atoms with Crippen LogP contribution in [-0.2, 0) is 11.0 Å². The van der Waals surface area contributed by atoms with Gasteiger partial charge in [0, 0.05) is 17.0 Å². The monoisotopic (exact) mass is 311 g/mol. The number of rotatable bonds is 2. The van der Waals surface area contributed by atoms with Crippen LogP contribution in [0.25, 0.3) is 0 Å². The highest BCUT2D eigenvalue weighted by molar-refractivity contribution is 5.94. The predicted molar refractivity (Wildman–Crippen MR) is 78.5 cm³/mol. The van der Waals surface area contributed by atoms with Crippen LogP contribution in [0.15, 0.2) is 24.3 Å². The van der Waals surface area contributed by atoms with E-state index >= 15 is 0 Å². The first-order valence-electron chi connectivity index (χ1n) is 7.55. The molecular weight excluding hydrogens is 291 g/mol. The molecule has 2 nitrogen and oxygen atoms in total. The molecule has 0 spiro atoms. The van der Waals surface area contributed by atoms with Crippen molar-refractivity contribution in [1.29, 1.82) is 0 Å². The van der Waals surface area contributed by atoms with Gasteiger partial charge in [0.25, 0.3) is 0 Å². The molecule has 2 aliphatic carbocycles. The van der Waals surface area contributed by atoms with Gasteiger partial charge < -0.3 is 5.32 Å². The zero-order valence-electron chi connectivity index (χ0n) is 12.9. The molecule has 2 aliphatic rings. The van der Waals surface area contributed by atoms with E-state index in [9.17, 15) is 18.0 Å². The summed E-state index contributed by atoms with van der Waals surface area (Å²) in [6.07, 6.45) is -2.57. The fourth-order valence-electron chi connectivity index (χ4n) is 4.24. The van der Waals surface area contributed by atoms with Gasteiger partial charge in [-0.15, -0.1) is 0 Å². The van der Waals surface area contributed by atoms with Crippen LogP contribution in [0.5, 0.6) is 0 Å². The normalized spacial score (nSPS) is 33.3. The highest BCUT2D eigenvalue weighted by Gasteiger charge is 2.66. The molecule has 0 aliphatic heterocycles. The third-order valence-electron chi connectivity index (χ3n) is 6.06. The Morgan fingerprint density at radius 1 is 1.23 bits per heavy atom. The molecule has 22 heavy (non-hydrogen) atoms. The number of carbonyl (C=O) groups excluding carboxylic acids is 1. The SMILES string of the molecule is CC1(C)[C@@H]2CC[C@]1(C)[C@H](Nc1cccc(C(F)(F)F)c1)C2=O. The molecule has 2 saturated carbocycles. The average Bonchev–Trinajstić information content (AvgIpc) is 2.72. The maximum Gasteiger partial charge on any atom is 0.416 e. The Morgan fingerprint density at radius 3 is 2.45 bits per heavy atom. The van der Waals surface area contributed by atoms with Gasteiger partial charge in [0.1, 0.15) is 0 Å². The van der Waals surface area contributed by atoms with Gasteiger partial charge in [-0.25, -0.2) is 0 Å². The van der Waals surface area contributed by atoms with Crippen molar-refractivity contribution < 1.29 is 18.0 Å². The topological polar surface area (TPSA) is 29.1 Å². The summed E-state index contributed by atoms with van der Waals surface area (Å²) in [6, 6.07) is 4.67. The summed E-state index contributed by atoms with van der Waals surface area (Å²) in [5, 5.41) is 3.08. The molecular formula is C17H20F3NO. The van der Waals surface area contributed by atoms with Gasteiger partial charge >= 0.3 is 6.18 Å². The average molecular weight is 311 g/mol. The first-order chi connectivity index (χ1) is 10.1. The van der Waals surface area contributed by atoms with Gasteiger partial charge in [0.05, 0.1) is 11.6 Å². The maximum atomic E-state index is 12.8. The molecule has 0 saturated heterocycles. The number of ketones is 1. The Balaban J connectivity index is 1.90. The van der Waals surface area contributed by atoms with Gasteiger partial charge in [0.15, 0.2) is 5.78 Å². The van der Waals surface area contributed by atoms with E-state index in [1.165, 1.54) is 6.07 Å². The lowest BCUT2D eigenvalue weighted by Gasteiger charge is -2.38. The summed E-state index contributed by atoms with van der Waals surface area (Å²) in [7, 11) is 0. The van der Waals surface area contributed by atoms with Crippen molar-refractivity contribution in [3.63, 3.8) is 0 Å². The van der Waals surface area contributed by atoms with Crippen molar-refractivity contribution in [3.8, 4) is 0 Å². The lowest BCUT2D eigenvalue weighted by Crippen LogP contribution is -2.43. The highest BCUT2D eigenvalue weighted by atomic mass is 19.4. The minimum absolute atomic E-state index is 0.000740. The number of anilines is 1. The Hall–Kier alpha value is -1.52. The van der Waals surface area contributed by atoms with Gasteiger partial charge in [-0.3, -0.25) is 4.79 Å². The third-order valence-corrected chi connectivity index (χ3v) is 6.06. The quantitative estimate of drug-likeness (QED) is 0.870. The number of benzene rings is 1. The number of fused-ring (bicyclic) bond motifs is 2. The molecule has 0 radical (unpaired) electrons. The Labute approximate surface area is 128 Å². The van der Waals surface area contributed by atoms with Gasteiger partial charge in [-0.1, -0.05) is 26.8 Å². The van der Waals surface area contributed by atoms with Crippen molar-refractivity contribution in [1.82, 2.24) is 0 Å². The Bertz CT molecular complexity index is 623. The molecule has 2 fully saturated rings. The first-order valence-corrected chi connectivity index (χ1v) is 7.55. The fraction of sp³-hybridized carbons (Fsp3) is 0.588. The number of alkyl halides is 3. The number of halogens is 3. The second kappa shape index (κ2) is 4.49. The third kappa shape index (κ3) is 1.97. The first kappa shape index (κ1) is 15.4. The molecule has 0 unspecified atom stereocenters. The number of Topliss-reactive ketones (excluding diaryl/α,β-unsaturated/α-hetero) is 1. The lowest BCUT2D eigenvalue weighted by molar-refractivity contribution is -0.137. The number of hydrogen-bond donors (Lipinski definition) is 1. The second-order valence-corrected chi connectivity index (χ2v) is 7.29. The second-order valence-electron chi connectivity index (χ2n) is 7.29. The molecule has 0 heterocycles. The Morgan fingerprint density at radius 2 is 1.91 bits per heavy atom. The molecule has 1 N–H and O–H groups in total. The van der Waals surface area contributed by atoms with Crippen LogP contribution in [0.2, 0.25) is 0 Å². The van der Waals surface area contributed by atoms with Crippen LogP contribution in [-0.4, -0.2) is 11.8 Å². The van der Waals surface area contributed by atoms with E-state index in [0.29, 0.717) is 5.69 Å². The van der Waals surface area contributed by atoms with Crippen molar-refractivity contribution in [2.24, 2.45) is 16.7 Å². The predicted octanol–water partition coefficient (Wildman–Crippen LogP) is 4.51. The molecule has 3 atom stereocenters. The zero-order chi connectivity index (χ0) is 16.3. The summed E-state index contributed by atoms with van der Waals surface area (Å²) in [4.78, 5) is 12.6. The van der Waals surface area contributed by atoms with E-state index in [-0.39, 0.29) is 22.5 Å². The molecule has 3 rings (SSSR count). The highest BCUT2D eigenvalue weighted by Crippen LogP contribution is 2.64. The van der Waals surface area contributed by atoms with Gasteiger partial charge in [-0.2, -0.15) is 13.2 Å². The maximum absolute atomic E-state index is 12.8. The van der Waals surface area contributed by atoms with Crippen molar-refractivity contribution in [3.05, 3.63) is 29.8 Å². The standard InChI is InChI=1S/C17H20F3NO/c1-15(2)12-7-8-16(15,3)14(13(12)22)21-11-6-4-5-10(9-11)17(18,19)20/h4-6,9,12,14,21H,7-8H2,1-3H3/t12-,14-,16-/m1/s1. The van der Waals surface area contributed by atoms with E-state index in [2.05, 4.69) is 26.1 Å². The largest absolute Gasteiger partial charge is 0.416 e. The minimum atomic E-state index is -4.38. The molecule has 0 aromatic heterocycles. The minimum Gasteiger partial charge on any atom is -0.375 e. The molecule has 1 aromatic carbocycles. The van der Waals surface area contributed by atoms with Crippen molar-refractivity contribution in [2.45, 2.75) is 45.8 Å². The Kier molecular flexibility index (Phi) is 3.14. The molecule has 120 valence electrons. The smallest absolute Gasteiger partial charge is 0.375 e. The lowest BCUT2D eigenvalue weighted by atomic mass is 9.69. The van der Waals surface area contributed by atoms with Gasteiger partial charge in [0.2, 0.25) is 0 Å². The summed E-state index contributed by atoms with van der Waals surface area (Å²) < 4.78 is 38.4. The van der Waals surface area contributed by atoms with E-state index < -0.39 is 17.8 Å². The van der Waals surface area contributed by atoms with E-state index in [0.717, 1.165) is 25.0 Å². The van der Waals surface area contributed by atoms with Crippen LogP contribution >= 0.6 is 0 Å². The number of nitrogens with one attached hydrogen (secondary N) is 1. The van der Waals surface area contributed by atoms with Crippen LogP contribution in [0.3, 0.4) is 0 Å². The molecule has 2 bridgehead atoms. The zero-order valence-corrected chi connectivity index (χ0v) is 12.9. The summed E-state index contributed by atoms with van der Waals surface area (Å²) in [5.41, 5.74) is -0.679. The van der Waals surface area contributed by atoms with Gasteiger partial charge in [-0.05, 0) is 36.5 Å². The summed E-state index contributed by atoms with van der Waals surface area (Å²) in [5.74, 6) is 0.136. The fourth-order valence-corrected chi connectivity index (χ4v) is 4.24. The van der Waals surface area contributed by atoms with Crippen LogP contribution in [0, 0.1) is 16.7 Å². The molecule has 5 heteroatoms. The van der Waals surface area contributed by atoms with E-state index in [4.69, 9.17) is 0 Å². The number of hydrogen-bond acceptors (Lipinski definition) is 2. The molecule has 1 aromatic rings. The van der Waals surface area contributed by atoms with Crippen molar-refractivity contribution >= 4 is 11.5 Å². The van der Waals surface area contributed by atoms with Crippen LogP contribution in [0.4, 0.5) is 18.9 Å². The van der Waals surface area contributed by atoms with Crippen molar-refractivity contribution in [2.75, 3.05) is 5.32 Å².